The molecule has 0 fully saturated rings. The molecule has 1 aliphatic carbocycles. The number of carbonyl (C=O) groups excluding carboxylic acids is 1. The molecular formula is C26H24N3O2. The number of hydrogen-bond acceptors (Lipinski definition) is 3. The van der Waals surface area contributed by atoms with Gasteiger partial charge in [-0.05, 0) is 73.9 Å². The number of nitrogen functional groups attached to an aromatic ring is 1. The van der Waals surface area contributed by atoms with Gasteiger partial charge in [0.25, 0.3) is 5.56 Å². The van der Waals surface area contributed by atoms with E-state index in [0.717, 1.165) is 28.1 Å². The molecule has 1 aliphatic rings. The molecule has 2 aromatic carbocycles. The lowest BCUT2D eigenvalue weighted by Crippen LogP contribution is -2.21. The molecule has 3 aromatic rings. The molecule has 155 valence electrons. The van der Waals surface area contributed by atoms with Gasteiger partial charge in [0.15, 0.2) is 5.78 Å². The first-order valence-corrected chi connectivity index (χ1v) is 10.1. The van der Waals surface area contributed by atoms with Crippen molar-refractivity contribution in [2.75, 3.05) is 5.73 Å². The van der Waals surface area contributed by atoms with Gasteiger partial charge < -0.3 is 5.73 Å². The molecule has 31 heavy (non-hydrogen) atoms. The minimum Gasteiger partial charge on any atom is -0.399 e. The van der Waals surface area contributed by atoms with Crippen LogP contribution in [0, 0.1) is 13.0 Å². The fraction of sp³-hybridized carbons (Fsp3) is 0.154. The minimum atomic E-state index is -0.178. The fourth-order valence-electron chi connectivity index (χ4n) is 3.96. The molecule has 1 aromatic heterocycles. The third-order valence-electron chi connectivity index (χ3n) is 5.86. The molecule has 0 unspecified atom stereocenters. The van der Waals surface area contributed by atoms with Crippen molar-refractivity contribution in [3.8, 4) is 5.69 Å². The molecule has 2 N–H and O–H groups in total. The van der Waals surface area contributed by atoms with Crippen molar-refractivity contribution in [2.45, 2.75) is 20.8 Å². The average Bonchev–Trinajstić information content (AvgIpc) is 2.98. The van der Waals surface area contributed by atoms with Gasteiger partial charge in [0.2, 0.25) is 0 Å². The smallest absolute Gasteiger partial charge is 0.279 e. The summed E-state index contributed by atoms with van der Waals surface area (Å²) in [5.41, 5.74) is 12.0. The summed E-state index contributed by atoms with van der Waals surface area (Å²) in [5.74, 6) is -0.163. The lowest BCUT2D eigenvalue weighted by Gasteiger charge is -2.18. The van der Waals surface area contributed by atoms with E-state index in [1.54, 1.807) is 16.8 Å². The molecule has 0 bridgehead atoms. The van der Waals surface area contributed by atoms with Gasteiger partial charge in [0.05, 0.1) is 11.3 Å². The van der Waals surface area contributed by atoms with Crippen LogP contribution in [-0.2, 0) is 11.8 Å². The number of nitrogens with two attached hydrogens (primary N) is 1. The summed E-state index contributed by atoms with van der Waals surface area (Å²) in [7, 11) is 1.85. The van der Waals surface area contributed by atoms with Gasteiger partial charge in [-0.2, -0.15) is 0 Å². The first-order valence-electron chi connectivity index (χ1n) is 10.1. The maximum absolute atomic E-state index is 13.8. The summed E-state index contributed by atoms with van der Waals surface area (Å²) in [6.45, 7) is 5.71. The van der Waals surface area contributed by atoms with E-state index in [1.807, 2.05) is 75.0 Å². The first kappa shape index (κ1) is 20.4. The largest absolute Gasteiger partial charge is 0.399 e. The zero-order valence-corrected chi connectivity index (χ0v) is 18.1. The predicted octanol–water partition coefficient (Wildman–Crippen LogP) is 4.15. The minimum absolute atomic E-state index is 0.163. The van der Waals surface area contributed by atoms with E-state index < -0.39 is 0 Å². The predicted molar refractivity (Wildman–Crippen MR) is 124 cm³/mol. The highest BCUT2D eigenvalue weighted by molar-refractivity contribution is 6.15. The van der Waals surface area contributed by atoms with E-state index in [9.17, 15) is 9.59 Å². The summed E-state index contributed by atoms with van der Waals surface area (Å²) in [4.78, 5) is 26.8. The maximum atomic E-state index is 13.8. The molecule has 1 heterocycles. The number of aromatic nitrogens is 2. The van der Waals surface area contributed by atoms with Gasteiger partial charge >= 0.3 is 0 Å². The van der Waals surface area contributed by atoms with Crippen molar-refractivity contribution in [1.82, 2.24) is 9.36 Å². The van der Waals surface area contributed by atoms with Crippen LogP contribution in [0.25, 0.3) is 11.3 Å². The highest BCUT2D eigenvalue weighted by Gasteiger charge is 2.28. The van der Waals surface area contributed by atoms with Crippen molar-refractivity contribution in [1.29, 1.82) is 0 Å². The van der Waals surface area contributed by atoms with Crippen LogP contribution in [0.2, 0.25) is 0 Å². The Morgan fingerprint density at radius 3 is 2.23 bits per heavy atom. The number of rotatable bonds is 3. The monoisotopic (exact) mass is 410 g/mol. The van der Waals surface area contributed by atoms with E-state index in [-0.39, 0.29) is 11.3 Å². The first-order chi connectivity index (χ1) is 14.8. The van der Waals surface area contributed by atoms with Crippen molar-refractivity contribution >= 4 is 17.0 Å². The molecule has 5 nitrogen and oxygen atoms in total. The lowest BCUT2D eigenvalue weighted by atomic mass is 9.84. The van der Waals surface area contributed by atoms with Crippen molar-refractivity contribution in [2.24, 2.45) is 7.05 Å². The van der Waals surface area contributed by atoms with Crippen LogP contribution >= 0.6 is 0 Å². The Balaban J connectivity index is 2.12. The second kappa shape index (κ2) is 7.76. The third-order valence-corrected chi connectivity index (χ3v) is 5.86. The van der Waals surface area contributed by atoms with Crippen LogP contribution in [-0.4, -0.2) is 15.1 Å². The zero-order chi connectivity index (χ0) is 22.3. The average molecular weight is 410 g/mol. The van der Waals surface area contributed by atoms with Crippen LogP contribution in [0.5, 0.6) is 0 Å². The number of anilines is 1. The van der Waals surface area contributed by atoms with Crippen LogP contribution in [0.3, 0.4) is 0 Å². The number of ketones is 1. The van der Waals surface area contributed by atoms with Gasteiger partial charge in [-0.1, -0.05) is 30.3 Å². The molecule has 5 heteroatoms. The van der Waals surface area contributed by atoms with Crippen LogP contribution in [0.4, 0.5) is 5.69 Å². The van der Waals surface area contributed by atoms with E-state index >= 15 is 0 Å². The van der Waals surface area contributed by atoms with Crippen molar-refractivity contribution < 1.29 is 4.79 Å². The molecule has 0 amide bonds. The van der Waals surface area contributed by atoms with Crippen LogP contribution in [0.1, 0.15) is 30.7 Å². The second-order valence-corrected chi connectivity index (χ2v) is 7.71. The zero-order valence-electron chi connectivity index (χ0n) is 18.1. The highest BCUT2D eigenvalue weighted by Crippen LogP contribution is 2.35. The summed E-state index contributed by atoms with van der Waals surface area (Å²) in [6, 6.07) is 16.8. The molecule has 4 rings (SSSR count). The van der Waals surface area contributed by atoms with Gasteiger partial charge in [-0.25, -0.2) is 4.68 Å². The number of hydrogen-bond donors (Lipinski definition) is 1. The topological polar surface area (TPSA) is 70.0 Å². The summed E-state index contributed by atoms with van der Waals surface area (Å²) < 4.78 is 3.45. The Kier molecular flexibility index (Phi) is 5.11. The highest BCUT2D eigenvalue weighted by atomic mass is 16.1. The normalized spacial score (nSPS) is 15.5. The number of allylic oxidation sites excluding steroid dienone is 5. The van der Waals surface area contributed by atoms with Gasteiger partial charge in [0.1, 0.15) is 0 Å². The second-order valence-electron chi connectivity index (χ2n) is 7.71. The van der Waals surface area contributed by atoms with Crippen LogP contribution in [0.15, 0.2) is 82.2 Å². The molecular weight excluding hydrogens is 386 g/mol. The van der Waals surface area contributed by atoms with E-state index in [0.29, 0.717) is 22.4 Å². The van der Waals surface area contributed by atoms with E-state index in [4.69, 9.17) is 5.73 Å². The Labute approximate surface area is 181 Å². The molecule has 0 spiro atoms. The van der Waals surface area contributed by atoms with E-state index in [2.05, 4.69) is 6.08 Å². The van der Waals surface area contributed by atoms with Gasteiger partial charge in [-0.15, -0.1) is 0 Å². The molecule has 0 atom stereocenters. The van der Waals surface area contributed by atoms with Crippen molar-refractivity contribution in [3.05, 3.63) is 111 Å². The Bertz CT molecular complexity index is 1330. The Morgan fingerprint density at radius 1 is 0.935 bits per heavy atom. The number of nitrogens with zero attached hydrogens (tertiary/aromatic N) is 2. The van der Waals surface area contributed by atoms with Gasteiger partial charge in [-0.3, -0.25) is 14.3 Å². The standard InChI is InChI=1S/C26H24N3O2/c1-16-10-15-22(30)23(17(16)2)25(19-11-13-20(27)14-12-19)24-18(3)28(4)29(26(24)31)21-8-6-5-7-9-21/h5-9,11-15H,27H2,1-4H3. The van der Waals surface area contributed by atoms with E-state index in [1.165, 1.54) is 6.08 Å². The van der Waals surface area contributed by atoms with Gasteiger partial charge in [0, 0.05) is 29.6 Å². The third kappa shape index (κ3) is 3.38. The summed E-state index contributed by atoms with van der Waals surface area (Å²) in [5, 5.41) is 0. The summed E-state index contributed by atoms with van der Waals surface area (Å²) in [6.07, 6.45) is 4.46. The Morgan fingerprint density at radius 2 is 1.58 bits per heavy atom. The molecule has 0 saturated heterocycles. The quantitative estimate of drug-likeness (QED) is 0.521. The number of para-hydroxylation sites is 1. The fourth-order valence-corrected chi connectivity index (χ4v) is 3.96. The molecule has 0 aliphatic heterocycles. The lowest BCUT2D eigenvalue weighted by molar-refractivity contribution is -0.111. The Hall–Kier alpha value is -3.86. The maximum Gasteiger partial charge on any atom is 0.279 e. The number of carbonyl (C=O) groups is 1. The van der Waals surface area contributed by atoms with Crippen molar-refractivity contribution in [3.63, 3.8) is 0 Å². The summed E-state index contributed by atoms with van der Waals surface area (Å²) >= 11 is 0. The molecule has 1 radical (unpaired) electrons. The SMILES string of the molecule is CC1=C(C)C(=C(c2ccc(N)cc2)c2c(C)n(C)n(-c3ccccc3)c2=O)C(=O)C=[C]1. The number of benzene rings is 2. The molecule has 0 saturated carbocycles. The van der Waals surface area contributed by atoms with Crippen LogP contribution < -0.4 is 11.3 Å².